The highest BCUT2D eigenvalue weighted by atomic mass is 32.1. The predicted molar refractivity (Wildman–Crippen MR) is 110 cm³/mol. The predicted octanol–water partition coefficient (Wildman–Crippen LogP) is 6.39. The van der Waals surface area contributed by atoms with Gasteiger partial charge in [0.1, 0.15) is 0 Å². The summed E-state index contributed by atoms with van der Waals surface area (Å²) in [5, 5.41) is 0. The standard InChI is InChI=1S/C23H22N2S/c1-2-10-16-20-19(15-9-1)25-22(18-13-7-4-8-14-18)21(24-23(25)26-20)17-11-5-3-6-12-17/h3-8,11-14H,1-2,9-10,15-16H2. The van der Waals surface area contributed by atoms with Crippen molar-refractivity contribution in [3.05, 3.63) is 71.2 Å². The Labute approximate surface area is 158 Å². The van der Waals surface area contributed by atoms with Gasteiger partial charge in [-0.3, -0.25) is 4.40 Å². The van der Waals surface area contributed by atoms with E-state index >= 15 is 0 Å². The minimum absolute atomic E-state index is 1.10. The highest BCUT2D eigenvalue weighted by Gasteiger charge is 2.22. The Bertz CT molecular complexity index is 1030. The average molecular weight is 359 g/mol. The topological polar surface area (TPSA) is 17.3 Å². The van der Waals surface area contributed by atoms with Gasteiger partial charge in [0.25, 0.3) is 0 Å². The van der Waals surface area contributed by atoms with Gasteiger partial charge >= 0.3 is 0 Å². The normalized spacial score (nSPS) is 14.8. The van der Waals surface area contributed by atoms with Crippen LogP contribution in [0.5, 0.6) is 0 Å². The number of hydrogen-bond acceptors (Lipinski definition) is 2. The van der Waals surface area contributed by atoms with Crippen molar-refractivity contribution in [1.29, 1.82) is 0 Å². The molecule has 0 spiro atoms. The summed E-state index contributed by atoms with van der Waals surface area (Å²) in [5.74, 6) is 0. The lowest BCUT2D eigenvalue weighted by atomic mass is 10.0. The van der Waals surface area contributed by atoms with Crippen LogP contribution in [0.25, 0.3) is 27.5 Å². The van der Waals surface area contributed by atoms with E-state index in [1.165, 1.54) is 61.0 Å². The van der Waals surface area contributed by atoms with E-state index in [-0.39, 0.29) is 0 Å². The third kappa shape index (κ3) is 2.67. The van der Waals surface area contributed by atoms with E-state index in [1.807, 2.05) is 11.3 Å². The number of nitrogens with zero attached hydrogens (tertiary/aromatic N) is 2. The first-order valence-electron chi connectivity index (χ1n) is 9.55. The van der Waals surface area contributed by atoms with Crippen LogP contribution in [-0.4, -0.2) is 9.38 Å². The molecule has 0 amide bonds. The summed E-state index contributed by atoms with van der Waals surface area (Å²) in [4.78, 5) is 7.80. The zero-order valence-electron chi connectivity index (χ0n) is 14.8. The minimum Gasteiger partial charge on any atom is -0.286 e. The number of fused-ring (bicyclic) bond motifs is 3. The first kappa shape index (κ1) is 15.8. The molecule has 1 aliphatic rings. The van der Waals surface area contributed by atoms with Crippen LogP contribution in [0.15, 0.2) is 60.7 Å². The Morgan fingerprint density at radius 1 is 0.731 bits per heavy atom. The average Bonchev–Trinajstić information content (AvgIpc) is 3.19. The highest BCUT2D eigenvalue weighted by Crippen LogP contribution is 2.38. The molecule has 2 aromatic carbocycles. The molecule has 26 heavy (non-hydrogen) atoms. The van der Waals surface area contributed by atoms with Gasteiger partial charge in [-0.15, -0.1) is 11.3 Å². The summed E-state index contributed by atoms with van der Waals surface area (Å²) >= 11 is 1.90. The van der Waals surface area contributed by atoms with E-state index < -0.39 is 0 Å². The second-order valence-corrected chi connectivity index (χ2v) is 8.11. The molecular formula is C23H22N2S. The number of thiazole rings is 1. The van der Waals surface area contributed by atoms with Gasteiger partial charge in [0, 0.05) is 21.7 Å². The van der Waals surface area contributed by atoms with E-state index in [0.29, 0.717) is 0 Å². The molecule has 5 rings (SSSR count). The van der Waals surface area contributed by atoms with Gasteiger partial charge in [-0.05, 0) is 25.7 Å². The molecular weight excluding hydrogens is 336 g/mol. The van der Waals surface area contributed by atoms with Crippen molar-refractivity contribution in [2.45, 2.75) is 38.5 Å². The van der Waals surface area contributed by atoms with E-state index in [4.69, 9.17) is 4.98 Å². The summed E-state index contributed by atoms with van der Waals surface area (Å²) in [6, 6.07) is 21.4. The lowest BCUT2D eigenvalue weighted by Gasteiger charge is -2.12. The second kappa shape index (κ2) is 6.73. The highest BCUT2D eigenvalue weighted by molar-refractivity contribution is 7.17. The van der Waals surface area contributed by atoms with E-state index in [1.54, 1.807) is 4.88 Å². The molecule has 2 nitrogen and oxygen atoms in total. The van der Waals surface area contributed by atoms with Crippen LogP contribution in [-0.2, 0) is 12.8 Å². The number of rotatable bonds is 2. The SMILES string of the molecule is c1ccc(-c2nc3sc4c(n3c2-c2ccccc2)CCCCCC4)cc1. The molecule has 0 saturated heterocycles. The number of imidazole rings is 1. The fraction of sp³-hybridized carbons (Fsp3) is 0.261. The van der Waals surface area contributed by atoms with Crippen LogP contribution in [0.4, 0.5) is 0 Å². The van der Waals surface area contributed by atoms with Crippen molar-refractivity contribution in [2.75, 3.05) is 0 Å². The molecule has 0 N–H and O–H groups in total. The Balaban J connectivity index is 1.80. The molecule has 0 atom stereocenters. The zero-order valence-corrected chi connectivity index (χ0v) is 15.6. The maximum atomic E-state index is 5.11. The van der Waals surface area contributed by atoms with Crippen LogP contribution in [0.2, 0.25) is 0 Å². The summed E-state index contributed by atoms with van der Waals surface area (Å²) in [7, 11) is 0. The summed E-state index contributed by atoms with van der Waals surface area (Å²) in [6.45, 7) is 0. The quantitative estimate of drug-likeness (QED) is 0.406. The lowest BCUT2D eigenvalue weighted by molar-refractivity contribution is 0.612. The molecule has 0 saturated carbocycles. The van der Waals surface area contributed by atoms with Gasteiger partial charge in [-0.1, -0.05) is 73.5 Å². The molecule has 3 heteroatoms. The molecule has 130 valence electrons. The van der Waals surface area contributed by atoms with Crippen molar-refractivity contribution in [3.63, 3.8) is 0 Å². The second-order valence-electron chi connectivity index (χ2n) is 7.05. The van der Waals surface area contributed by atoms with Crippen molar-refractivity contribution in [3.8, 4) is 22.5 Å². The first-order chi connectivity index (χ1) is 12.9. The molecule has 0 bridgehead atoms. The largest absolute Gasteiger partial charge is 0.286 e. The van der Waals surface area contributed by atoms with Crippen molar-refractivity contribution < 1.29 is 0 Å². The third-order valence-electron chi connectivity index (χ3n) is 5.31. The zero-order chi connectivity index (χ0) is 17.3. The van der Waals surface area contributed by atoms with E-state index in [9.17, 15) is 0 Å². The van der Waals surface area contributed by atoms with Gasteiger partial charge in [-0.25, -0.2) is 4.98 Å². The fourth-order valence-electron chi connectivity index (χ4n) is 4.05. The lowest BCUT2D eigenvalue weighted by Crippen LogP contribution is -2.01. The Hall–Kier alpha value is -2.39. The molecule has 1 aliphatic carbocycles. The Morgan fingerprint density at radius 3 is 2.12 bits per heavy atom. The van der Waals surface area contributed by atoms with Gasteiger partial charge < -0.3 is 0 Å². The van der Waals surface area contributed by atoms with Crippen LogP contribution in [0, 0.1) is 0 Å². The molecule has 4 aromatic rings. The maximum Gasteiger partial charge on any atom is 0.195 e. The third-order valence-corrected chi connectivity index (χ3v) is 6.46. The number of hydrogen-bond donors (Lipinski definition) is 0. The molecule has 0 aliphatic heterocycles. The first-order valence-corrected chi connectivity index (χ1v) is 10.4. The van der Waals surface area contributed by atoms with Gasteiger partial charge in [0.05, 0.1) is 11.4 Å². The van der Waals surface area contributed by atoms with Crippen molar-refractivity contribution >= 4 is 16.3 Å². The molecule has 0 unspecified atom stereocenters. The van der Waals surface area contributed by atoms with Crippen molar-refractivity contribution in [2.24, 2.45) is 0 Å². The van der Waals surface area contributed by atoms with Crippen molar-refractivity contribution in [1.82, 2.24) is 9.38 Å². The van der Waals surface area contributed by atoms with Crippen LogP contribution >= 0.6 is 11.3 Å². The smallest absolute Gasteiger partial charge is 0.195 e. The van der Waals surface area contributed by atoms with Crippen LogP contribution < -0.4 is 0 Å². The van der Waals surface area contributed by atoms with Crippen LogP contribution in [0.1, 0.15) is 36.3 Å². The van der Waals surface area contributed by atoms with Crippen LogP contribution in [0.3, 0.4) is 0 Å². The maximum absolute atomic E-state index is 5.11. The Kier molecular flexibility index (Phi) is 4.10. The number of aromatic nitrogens is 2. The molecule has 0 fully saturated rings. The summed E-state index contributed by atoms with van der Waals surface area (Å²) < 4.78 is 2.46. The number of aryl methyl sites for hydroxylation is 2. The fourth-order valence-corrected chi connectivity index (χ4v) is 5.26. The summed E-state index contributed by atoms with van der Waals surface area (Å²) in [5.41, 5.74) is 6.30. The van der Waals surface area contributed by atoms with E-state index in [0.717, 1.165) is 10.7 Å². The van der Waals surface area contributed by atoms with E-state index in [2.05, 4.69) is 65.1 Å². The van der Waals surface area contributed by atoms with Gasteiger partial charge in [0.2, 0.25) is 0 Å². The number of benzene rings is 2. The molecule has 0 radical (unpaired) electrons. The monoisotopic (exact) mass is 358 g/mol. The molecule has 2 aromatic heterocycles. The van der Waals surface area contributed by atoms with Gasteiger partial charge in [-0.2, -0.15) is 0 Å². The minimum atomic E-state index is 1.10. The van der Waals surface area contributed by atoms with Gasteiger partial charge in [0.15, 0.2) is 4.96 Å². The Morgan fingerprint density at radius 2 is 1.38 bits per heavy atom. The summed E-state index contributed by atoms with van der Waals surface area (Å²) in [6.07, 6.45) is 7.67. The molecule has 2 heterocycles.